The van der Waals surface area contributed by atoms with E-state index in [1.54, 1.807) is 0 Å². The number of benzene rings is 1. The molecule has 1 aromatic carbocycles. The van der Waals surface area contributed by atoms with Crippen LogP contribution in [0.15, 0.2) is 12.1 Å². The summed E-state index contributed by atoms with van der Waals surface area (Å²) in [7, 11) is 0. The van der Waals surface area contributed by atoms with E-state index in [0.29, 0.717) is 5.02 Å². The summed E-state index contributed by atoms with van der Waals surface area (Å²) in [5.41, 5.74) is 11.0. The number of pyridine rings is 1. The quantitative estimate of drug-likeness (QED) is 0.818. The zero-order valence-corrected chi connectivity index (χ0v) is 10.5. The molecule has 0 aliphatic rings. The zero-order valence-electron chi connectivity index (χ0n) is 9.76. The molecular formula is C13H15ClN2. The Morgan fingerprint density at radius 3 is 2.62 bits per heavy atom. The highest BCUT2D eigenvalue weighted by Crippen LogP contribution is 2.31. The average Bonchev–Trinajstić information content (AvgIpc) is 2.21. The van der Waals surface area contributed by atoms with E-state index in [2.05, 4.69) is 11.9 Å². The summed E-state index contributed by atoms with van der Waals surface area (Å²) >= 11 is 6.18. The molecule has 0 spiro atoms. The van der Waals surface area contributed by atoms with Crippen LogP contribution in [0.2, 0.25) is 5.02 Å². The molecule has 0 saturated heterocycles. The highest BCUT2D eigenvalue weighted by Gasteiger charge is 2.11. The number of nitrogen functional groups attached to an aromatic ring is 1. The van der Waals surface area contributed by atoms with Gasteiger partial charge >= 0.3 is 0 Å². The SMILES string of the molecule is CCc1c(C)nc2c(Cl)cc(C)cc2c1N. The first-order valence-electron chi connectivity index (χ1n) is 5.39. The van der Waals surface area contributed by atoms with Crippen molar-refractivity contribution in [3.05, 3.63) is 34.0 Å². The maximum atomic E-state index is 6.18. The Kier molecular flexibility index (Phi) is 2.76. The molecule has 1 heterocycles. The number of anilines is 1. The zero-order chi connectivity index (χ0) is 11.9. The second-order valence-electron chi connectivity index (χ2n) is 4.09. The van der Waals surface area contributed by atoms with Gasteiger partial charge in [-0.1, -0.05) is 18.5 Å². The lowest BCUT2D eigenvalue weighted by Gasteiger charge is -2.12. The molecule has 0 unspecified atom stereocenters. The molecule has 0 amide bonds. The minimum atomic E-state index is 0.674. The van der Waals surface area contributed by atoms with E-state index in [0.717, 1.165) is 39.8 Å². The van der Waals surface area contributed by atoms with E-state index >= 15 is 0 Å². The number of aromatic nitrogens is 1. The fourth-order valence-corrected chi connectivity index (χ4v) is 2.41. The van der Waals surface area contributed by atoms with Gasteiger partial charge in [0.05, 0.1) is 10.5 Å². The fraction of sp³-hybridized carbons (Fsp3) is 0.308. The number of fused-ring (bicyclic) bond motifs is 1. The van der Waals surface area contributed by atoms with Crippen molar-refractivity contribution in [2.75, 3.05) is 5.73 Å². The summed E-state index contributed by atoms with van der Waals surface area (Å²) in [6, 6.07) is 3.96. The van der Waals surface area contributed by atoms with Crippen molar-refractivity contribution in [2.24, 2.45) is 0 Å². The molecule has 0 fully saturated rings. The van der Waals surface area contributed by atoms with Gasteiger partial charge < -0.3 is 5.73 Å². The van der Waals surface area contributed by atoms with Gasteiger partial charge in [0.25, 0.3) is 0 Å². The summed E-state index contributed by atoms with van der Waals surface area (Å²) in [6.07, 6.45) is 0.895. The molecule has 1 aromatic heterocycles. The van der Waals surface area contributed by atoms with Gasteiger partial charge in [-0.25, -0.2) is 0 Å². The highest BCUT2D eigenvalue weighted by atomic mass is 35.5. The van der Waals surface area contributed by atoms with E-state index in [9.17, 15) is 0 Å². The second kappa shape index (κ2) is 3.95. The van der Waals surface area contributed by atoms with E-state index in [1.807, 2.05) is 26.0 Å². The van der Waals surface area contributed by atoms with Gasteiger partial charge in [-0.3, -0.25) is 4.98 Å². The van der Waals surface area contributed by atoms with Crippen molar-refractivity contribution >= 4 is 28.2 Å². The molecule has 2 aromatic rings. The Balaban J connectivity index is 2.93. The number of rotatable bonds is 1. The predicted octanol–water partition coefficient (Wildman–Crippen LogP) is 3.65. The van der Waals surface area contributed by atoms with Crippen LogP contribution in [0, 0.1) is 13.8 Å². The Labute approximate surface area is 100 Å². The Morgan fingerprint density at radius 2 is 2.00 bits per heavy atom. The van der Waals surface area contributed by atoms with Crippen molar-refractivity contribution in [1.29, 1.82) is 0 Å². The van der Waals surface area contributed by atoms with Gasteiger partial charge in [0.15, 0.2) is 0 Å². The topological polar surface area (TPSA) is 38.9 Å². The maximum Gasteiger partial charge on any atom is 0.0912 e. The summed E-state index contributed by atoms with van der Waals surface area (Å²) in [5.74, 6) is 0. The van der Waals surface area contributed by atoms with E-state index in [4.69, 9.17) is 17.3 Å². The summed E-state index contributed by atoms with van der Waals surface area (Å²) in [5, 5.41) is 1.64. The lowest BCUT2D eigenvalue weighted by Crippen LogP contribution is -2.01. The van der Waals surface area contributed by atoms with Gasteiger partial charge in [0, 0.05) is 16.8 Å². The van der Waals surface area contributed by atoms with Crippen LogP contribution in [0.1, 0.15) is 23.7 Å². The molecule has 16 heavy (non-hydrogen) atoms. The van der Waals surface area contributed by atoms with Gasteiger partial charge in [0.1, 0.15) is 0 Å². The number of aryl methyl sites for hydroxylation is 2. The summed E-state index contributed by atoms with van der Waals surface area (Å²) in [6.45, 7) is 6.07. The largest absolute Gasteiger partial charge is 0.398 e. The van der Waals surface area contributed by atoms with Gasteiger partial charge in [-0.15, -0.1) is 0 Å². The third kappa shape index (κ3) is 1.63. The van der Waals surface area contributed by atoms with Crippen molar-refractivity contribution in [3.63, 3.8) is 0 Å². The van der Waals surface area contributed by atoms with Crippen LogP contribution in [-0.2, 0) is 6.42 Å². The molecule has 0 atom stereocenters. The molecule has 0 radical (unpaired) electrons. The van der Waals surface area contributed by atoms with Gasteiger partial charge in [-0.2, -0.15) is 0 Å². The maximum absolute atomic E-state index is 6.18. The van der Waals surface area contributed by atoms with Crippen LogP contribution >= 0.6 is 11.6 Å². The minimum absolute atomic E-state index is 0.674. The van der Waals surface area contributed by atoms with Crippen molar-refractivity contribution in [1.82, 2.24) is 4.98 Å². The van der Waals surface area contributed by atoms with Crippen molar-refractivity contribution < 1.29 is 0 Å². The normalized spacial score (nSPS) is 11.0. The molecule has 3 heteroatoms. The molecule has 0 aliphatic heterocycles. The van der Waals surface area contributed by atoms with Crippen molar-refractivity contribution in [2.45, 2.75) is 27.2 Å². The van der Waals surface area contributed by atoms with Crippen LogP contribution in [0.25, 0.3) is 10.9 Å². The van der Waals surface area contributed by atoms with Crippen LogP contribution in [0.4, 0.5) is 5.69 Å². The first-order valence-corrected chi connectivity index (χ1v) is 5.77. The molecule has 2 rings (SSSR count). The average molecular weight is 235 g/mol. The van der Waals surface area contributed by atoms with Crippen LogP contribution in [0.3, 0.4) is 0 Å². The molecule has 84 valence electrons. The number of halogens is 1. The number of hydrogen-bond acceptors (Lipinski definition) is 2. The lowest BCUT2D eigenvalue weighted by atomic mass is 10.0. The first kappa shape index (κ1) is 11.2. The minimum Gasteiger partial charge on any atom is -0.398 e. The molecule has 0 aliphatic carbocycles. The first-order chi connectivity index (χ1) is 7.54. The summed E-state index contributed by atoms with van der Waals surface area (Å²) in [4.78, 5) is 4.54. The highest BCUT2D eigenvalue weighted by molar-refractivity contribution is 6.35. The molecule has 2 nitrogen and oxygen atoms in total. The van der Waals surface area contributed by atoms with Crippen LogP contribution in [0.5, 0.6) is 0 Å². The van der Waals surface area contributed by atoms with Gasteiger partial charge in [-0.05, 0) is 43.5 Å². The second-order valence-corrected chi connectivity index (χ2v) is 4.49. The van der Waals surface area contributed by atoms with E-state index in [1.165, 1.54) is 0 Å². The molecule has 2 N–H and O–H groups in total. The van der Waals surface area contributed by atoms with Crippen LogP contribution in [-0.4, -0.2) is 4.98 Å². The van der Waals surface area contributed by atoms with Crippen LogP contribution < -0.4 is 5.73 Å². The Bertz CT molecular complexity index is 562. The predicted molar refractivity (Wildman–Crippen MR) is 70.0 cm³/mol. The smallest absolute Gasteiger partial charge is 0.0912 e. The molecule has 0 bridgehead atoms. The number of nitrogens with two attached hydrogens (primary N) is 1. The molecule has 0 saturated carbocycles. The standard InChI is InChI=1S/C13H15ClN2/c1-4-9-8(3)16-13-10(12(9)15)5-7(2)6-11(13)14/h5-6H,4H2,1-3H3,(H2,15,16). The van der Waals surface area contributed by atoms with E-state index in [-0.39, 0.29) is 0 Å². The summed E-state index contributed by atoms with van der Waals surface area (Å²) < 4.78 is 0. The van der Waals surface area contributed by atoms with Gasteiger partial charge in [0.2, 0.25) is 0 Å². The monoisotopic (exact) mass is 234 g/mol. The molecular weight excluding hydrogens is 220 g/mol. The van der Waals surface area contributed by atoms with Crippen molar-refractivity contribution in [3.8, 4) is 0 Å². The number of nitrogens with zero attached hydrogens (tertiary/aromatic N) is 1. The third-order valence-electron chi connectivity index (χ3n) is 2.89. The Morgan fingerprint density at radius 1 is 1.31 bits per heavy atom. The number of hydrogen-bond donors (Lipinski definition) is 1. The third-order valence-corrected chi connectivity index (χ3v) is 3.18. The Hall–Kier alpha value is -1.28. The fourth-order valence-electron chi connectivity index (χ4n) is 2.09. The van der Waals surface area contributed by atoms with E-state index < -0.39 is 0 Å². The lowest BCUT2D eigenvalue weighted by molar-refractivity contribution is 1.07.